The highest BCUT2D eigenvalue weighted by Crippen LogP contribution is 2.34. The molecule has 1 aliphatic heterocycles. The van der Waals surface area contributed by atoms with Crippen molar-refractivity contribution < 1.29 is 13.2 Å². The molecule has 5 rings (SSSR count). The fourth-order valence-electron chi connectivity index (χ4n) is 3.92. The molecule has 3 heterocycles. The van der Waals surface area contributed by atoms with Gasteiger partial charge in [-0.2, -0.15) is 13.2 Å². The lowest BCUT2D eigenvalue weighted by Gasteiger charge is -2.30. The van der Waals surface area contributed by atoms with Crippen molar-refractivity contribution in [3.8, 4) is 22.6 Å². The molecule has 0 bridgehead atoms. The Morgan fingerprint density at radius 2 is 1.56 bits per heavy atom. The molecule has 7 heteroatoms. The van der Waals surface area contributed by atoms with Gasteiger partial charge in [-0.15, -0.1) is 0 Å². The molecule has 1 aliphatic rings. The van der Waals surface area contributed by atoms with Crippen LogP contribution in [-0.4, -0.2) is 21.5 Å². The van der Waals surface area contributed by atoms with Gasteiger partial charge in [-0.3, -0.25) is 4.98 Å². The van der Waals surface area contributed by atoms with Gasteiger partial charge >= 0.3 is 6.18 Å². The summed E-state index contributed by atoms with van der Waals surface area (Å²) in [7, 11) is 0. The van der Waals surface area contributed by atoms with E-state index in [-0.39, 0.29) is 0 Å². The van der Waals surface area contributed by atoms with Gasteiger partial charge in [-0.05, 0) is 41.8 Å². The molecule has 0 atom stereocenters. The first kappa shape index (κ1) is 20.2. The van der Waals surface area contributed by atoms with Crippen LogP contribution in [0.3, 0.4) is 0 Å². The second kappa shape index (κ2) is 8.07. The van der Waals surface area contributed by atoms with Crippen molar-refractivity contribution in [3.63, 3.8) is 0 Å². The fraction of sp³-hybridized carbons (Fsp3) is 0.160. The Morgan fingerprint density at radius 1 is 0.781 bits per heavy atom. The molecule has 2 aromatic carbocycles. The monoisotopic (exact) mass is 432 g/mol. The fourth-order valence-corrected chi connectivity index (χ4v) is 3.92. The van der Waals surface area contributed by atoms with Crippen molar-refractivity contribution in [2.24, 2.45) is 0 Å². The lowest BCUT2D eigenvalue weighted by Crippen LogP contribution is -2.31. The summed E-state index contributed by atoms with van der Waals surface area (Å²) in [5.74, 6) is 1.14. The number of hydrogen-bond donors (Lipinski definition) is 0. The van der Waals surface area contributed by atoms with Gasteiger partial charge in [0.1, 0.15) is 5.82 Å². The maximum Gasteiger partial charge on any atom is 0.416 e. The van der Waals surface area contributed by atoms with E-state index in [0.29, 0.717) is 29.4 Å². The third kappa shape index (κ3) is 4.06. The van der Waals surface area contributed by atoms with Gasteiger partial charge in [-0.25, -0.2) is 9.97 Å². The van der Waals surface area contributed by atoms with Gasteiger partial charge in [-0.1, -0.05) is 36.4 Å². The molecule has 0 saturated carbocycles. The standard InChI is InChI=1S/C25H19F3N4/c26-25(27,28)21-7-3-6-19(14-21)22-15-23(31-24(30-22)18-8-11-29-12-9-18)32-13-10-17-4-1-2-5-20(17)16-32/h1-9,11-12,14-15H,10,13,16H2. The number of hydrogen-bond acceptors (Lipinski definition) is 4. The normalized spacial score (nSPS) is 13.7. The van der Waals surface area contributed by atoms with Crippen molar-refractivity contribution in [2.45, 2.75) is 19.1 Å². The van der Waals surface area contributed by atoms with E-state index in [9.17, 15) is 13.2 Å². The van der Waals surface area contributed by atoms with E-state index >= 15 is 0 Å². The molecule has 0 N–H and O–H groups in total. The second-order valence-corrected chi connectivity index (χ2v) is 7.69. The highest BCUT2D eigenvalue weighted by molar-refractivity contribution is 5.68. The zero-order chi connectivity index (χ0) is 22.1. The molecular weight excluding hydrogens is 413 g/mol. The average Bonchev–Trinajstić information content (AvgIpc) is 2.83. The Labute approximate surface area is 183 Å². The van der Waals surface area contributed by atoms with E-state index in [1.54, 1.807) is 36.7 Å². The summed E-state index contributed by atoms with van der Waals surface area (Å²) in [6.07, 6.45) is -0.251. The summed E-state index contributed by atoms with van der Waals surface area (Å²) >= 11 is 0. The molecule has 4 aromatic rings. The number of benzene rings is 2. The van der Waals surface area contributed by atoms with Crippen LogP contribution in [-0.2, 0) is 19.1 Å². The molecule has 0 spiro atoms. The van der Waals surface area contributed by atoms with E-state index in [2.05, 4.69) is 27.0 Å². The Bertz CT molecular complexity index is 1260. The summed E-state index contributed by atoms with van der Waals surface area (Å²) < 4.78 is 39.9. The molecule has 0 unspecified atom stereocenters. The molecule has 0 radical (unpaired) electrons. The quantitative estimate of drug-likeness (QED) is 0.411. The minimum atomic E-state index is -4.42. The minimum absolute atomic E-state index is 0.399. The first-order valence-electron chi connectivity index (χ1n) is 10.3. The van der Waals surface area contributed by atoms with E-state index < -0.39 is 11.7 Å². The number of aromatic nitrogens is 3. The van der Waals surface area contributed by atoms with E-state index in [4.69, 9.17) is 4.98 Å². The number of anilines is 1. The molecule has 0 fully saturated rings. The van der Waals surface area contributed by atoms with E-state index in [0.717, 1.165) is 30.7 Å². The Kier molecular flexibility index (Phi) is 5.09. The zero-order valence-corrected chi connectivity index (χ0v) is 17.0. The predicted octanol–water partition coefficient (Wildman–Crippen LogP) is 5.79. The summed E-state index contributed by atoms with van der Waals surface area (Å²) in [6.45, 7) is 1.46. The summed E-state index contributed by atoms with van der Waals surface area (Å²) in [5.41, 5.74) is 3.44. The number of fused-ring (bicyclic) bond motifs is 1. The number of pyridine rings is 1. The van der Waals surface area contributed by atoms with Crippen LogP contribution in [0.2, 0.25) is 0 Å². The second-order valence-electron chi connectivity index (χ2n) is 7.69. The predicted molar refractivity (Wildman–Crippen MR) is 117 cm³/mol. The van der Waals surface area contributed by atoms with Crippen LogP contribution in [0.15, 0.2) is 79.1 Å². The van der Waals surface area contributed by atoms with Gasteiger partial charge in [0.25, 0.3) is 0 Å². The maximum atomic E-state index is 13.3. The van der Waals surface area contributed by atoms with Crippen LogP contribution in [0, 0.1) is 0 Å². The van der Waals surface area contributed by atoms with Gasteiger partial charge < -0.3 is 4.90 Å². The van der Waals surface area contributed by atoms with Gasteiger partial charge in [0.2, 0.25) is 0 Å². The summed E-state index contributed by atoms with van der Waals surface area (Å²) in [5, 5.41) is 0. The largest absolute Gasteiger partial charge is 0.416 e. The SMILES string of the molecule is FC(F)(F)c1cccc(-c2cc(N3CCc4ccccc4C3)nc(-c3ccncc3)n2)c1. The van der Waals surface area contributed by atoms with Crippen LogP contribution < -0.4 is 4.90 Å². The number of nitrogens with zero attached hydrogens (tertiary/aromatic N) is 4. The van der Waals surface area contributed by atoms with Crippen LogP contribution in [0.5, 0.6) is 0 Å². The molecule has 32 heavy (non-hydrogen) atoms. The molecule has 2 aromatic heterocycles. The highest BCUT2D eigenvalue weighted by atomic mass is 19.4. The number of alkyl halides is 3. The summed E-state index contributed by atoms with van der Waals surface area (Å²) in [6, 6.07) is 18.9. The summed E-state index contributed by atoms with van der Waals surface area (Å²) in [4.78, 5) is 15.5. The molecule has 0 amide bonds. The average molecular weight is 432 g/mol. The highest BCUT2D eigenvalue weighted by Gasteiger charge is 2.30. The molecular formula is C25H19F3N4. The van der Waals surface area contributed by atoms with Crippen LogP contribution in [0.1, 0.15) is 16.7 Å². The number of halogens is 3. The van der Waals surface area contributed by atoms with Crippen molar-refractivity contribution >= 4 is 5.82 Å². The third-order valence-electron chi connectivity index (χ3n) is 5.59. The van der Waals surface area contributed by atoms with Crippen molar-refractivity contribution in [2.75, 3.05) is 11.4 Å². The third-order valence-corrected chi connectivity index (χ3v) is 5.59. The van der Waals surface area contributed by atoms with Crippen LogP contribution in [0.25, 0.3) is 22.6 Å². The lowest BCUT2D eigenvalue weighted by atomic mass is 10.00. The first-order valence-corrected chi connectivity index (χ1v) is 10.3. The number of rotatable bonds is 3. The van der Waals surface area contributed by atoms with Crippen LogP contribution in [0.4, 0.5) is 19.0 Å². The first-order chi connectivity index (χ1) is 15.5. The minimum Gasteiger partial charge on any atom is -0.352 e. The van der Waals surface area contributed by atoms with Crippen LogP contribution >= 0.6 is 0 Å². The van der Waals surface area contributed by atoms with Crippen molar-refractivity contribution in [1.82, 2.24) is 15.0 Å². The van der Waals surface area contributed by atoms with Gasteiger partial charge in [0.15, 0.2) is 5.82 Å². The molecule has 160 valence electrons. The Hall–Kier alpha value is -3.74. The molecule has 0 aliphatic carbocycles. The molecule has 4 nitrogen and oxygen atoms in total. The van der Waals surface area contributed by atoms with Gasteiger partial charge in [0, 0.05) is 42.7 Å². The van der Waals surface area contributed by atoms with E-state index in [1.165, 1.54) is 17.2 Å². The lowest BCUT2D eigenvalue weighted by molar-refractivity contribution is -0.137. The Morgan fingerprint density at radius 3 is 2.34 bits per heavy atom. The Balaban J connectivity index is 1.61. The maximum absolute atomic E-state index is 13.3. The molecule has 0 saturated heterocycles. The van der Waals surface area contributed by atoms with Gasteiger partial charge in [0.05, 0.1) is 11.3 Å². The van der Waals surface area contributed by atoms with Crippen molar-refractivity contribution in [1.29, 1.82) is 0 Å². The van der Waals surface area contributed by atoms with E-state index in [1.807, 2.05) is 12.1 Å². The van der Waals surface area contributed by atoms with Crippen molar-refractivity contribution in [3.05, 3.63) is 95.8 Å². The topological polar surface area (TPSA) is 41.9 Å². The smallest absolute Gasteiger partial charge is 0.352 e. The zero-order valence-electron chi connectivity index (χ0n) is 17.0.